The Hall–Kier alpha value is -0.530. The summed E-state index contributed by atoms with van der Waals surface area (Å²) in [4.78, 5) is 0. The van der Waals surface area contributed by atoms with Crippen molar-refractivity contribution in [3.8, 4) is 0 Å². The van der Waals surface area contributed by atoms with E-state index in [-0.39, 0.29) is 0 Å². The summed E-state index contributed by atoms with van der Waals surface area (Å²) >= 11 is 6.08. The lowest BCUT2D eigenvalue weighted by Gasteiger charge is -2.29. The molecule has 0 amide bonds. The van der Waals surface area contributed by atoms with E-state index in [1.807, 2.05) is 0 Å². The van der Waals surface area contributed by atoms with Crippen LogP contribution in [0.3, 0.4) is 0 Å². The van der Waals surface area contributed by atoms with Crippen LogP contribution < -0.4 is 5.32 Å². The van der Waals surface area contributed by atoms with E-state index in [0.29, 0.717) is 0 Å². The number of hydrogen-bond donors (Lipinski definition) is 1. The fourth-order valence-electron chi connectivity index (χ4n) is 3.25. The van der Waals surface area contributed by atoms with Gasteiger partial charge in [-0.05, 0) is 55.7 Å². The highest BCUT2D eigenvalue weighted by atomic mass is 35.5. The summed E-state index contributed by atoms with van der Waals surface area (Å²) in [6.45, 7) is 2.10. The van der Waals surface area contributed by atoms with Gasteiger partial charge in [0, 0.05) is 17.1 Å². The highest BCUT2D eigenvalue weighted by Gasteiger charge is 2.33. The third-order valence-corrected chi connectivity index (χ3v) is 4.55. The summed E-state index contributed by atoms with van der Waals surface area (Å²) in [5.74, 6) is 0.745. The van der Waals surface area contributed by atoms with Crippen molar-refractivity contribution in [3.63, 3.8) is 0 Å². The van der Waals surface area contributed by atoms with Crippen molar-refractivity contribution in [2.24, 2.45) is 0 Å². The lowest BCUT2D eigenvalue weighted by atomic mass is 9.86. The number of fused-ring (bicyclic) bond motifs is 2. The van der Waals surface area contributed by atoms with Crippen LogP contribution >= 0.6 is 11.6 Å². The van der Waals surface area contributed by atoms with Crippen LogP contribution in [0.25, 0.3) is 0 Å². The van der Waals surface area contributed by atoms with Crippen molar-refractivity contribution in [1.29, 1.82) is 0 Å². The Bertz CT molecular complexity index is 390. The Balaban J connectivity index is 1.84. The fraction of sp³-hybridized carbons (Fsp3) is 0.571. The second-order valence-corrected chi connectivity index (χ2v) is 5.72. The predicted molar refractivity (Wildman–Crippen MR) is 68.1 cm³/mol. The summed E-state index contributed by atoms with van der Waals surface area (Å²) < 4.78 is 0. The zero-order valence-electron chi connectivity index (χ0n) is 9.67. The Kier molecular flexibility index (Phi) is 2.68. The number of aryl methyl sites for hydroxylation is 1. The minimum atomic E-state index is 0.745. The topological polar surface area (TPSA) is 12.0 Å². The molecule has 16 heavy (non-hydrogen) atoms. The van der Waals surface area contributed by atoms with Crippen molar-refractivity contribution in [3.05, 3.63) is 34.3 Å². The van der Waals surface area contributed by atoms with Gasteiger partial charge in [0.05, 0.1) is 0 Å². The minimum absolute atomic E-state index is 0.745. The molecule has 0 aliphatic carbocycles. The van der Waals surface area contributed by atoms with Gasteiger partial charge in [0.1, 0.15) is 0 Å². The number of halogens is 1. The largest absolute Gasteiger partial charge is 0.311 e. The molecule has 0 radical (unpaired) electrons. The normalized spacial score (nSPS) is 33.0. The maximum Gasteiger partial charge on any atom is 0.0435 e. The third-order valence-electron chi connectivity index (χ3n) is 4.13. The maximum atomic E-state index is 6.08. The molecule has 2 atom stereocenters. The Morgan fingerprint density at radius 2 is 1.88 bits per heavy atom. The van der Waals surface area contributed by atoms with Crippen LogP contribution in [0.2, 0.25) is 5.02 Å². The van der Waals surface area contributed by atoms with Gasteiger partial charge in [-0.25, -0.2) is 0 Å². The van der Waals surface area contributed by atoms with Crippen LogP contribution in [0.15, 0.2) is 18.2 Å². The molecule has 0 aromatic heterocycles. The summed E-state index contributed by atoms with van der Waals surface area (Å²) in [6, 6.07) is 8.07. The van der Waals surface area contributed by atoms with Gasteiger partial charge in [0.15, 0.2) is 0 Å². The maximum absolute atomic E-state index is 6.08. The Labute approximate surface area is 102 Å². The number of benzene rings is 1. The zero-order chi connectivity index (χ0) is 11.1. The number of nitrogens with one attached hydrogen (secondary N) is 1. The molecule has 0 spiro atoms. The van der Waals surface area contributed by atoms with Gasteiger partial charge >= 0.3 is 0 Å². The highest BCUT2D eigenvalue weighted by Crippen LogP contribution is 2.37. The van der Waals surface area contributed by atoms with E-state index < -0.39 is 0 Å². The van der Waals surface area contributed by atoms with E-state index >= 15 is 0 Å². The molecule has 1 aromatic carbocycles. The average molecular weight is 236 g/mol. The van der Waals surface area contributed by atoms with Gasteiger partial charge in [0.25, 0.3) is 0 Å². The first-order chi connectivity index (χ1) is 7.72. The van der Waals surface area contributed by atoms with E-state index in [1.54, 1.807) is 0 Å². The van der Waals surface area contributed by atoms with Gasteiger partial charge in [-0.2, -0.15) is 0 Å². The average Bonchev–Trinajstić information content (AvgIpc) is 2.62. The third kappa shape index (κ3) is 1.87. The van der Waals surface area contributed by atoms with Crippen LogP contribution in [-0.4, -0.2) is 12.1 Å². The van der Waals surface area contributed by atoms with E-state index in [2.05, 4.69) is 30.4 Å². The van der Waals surface area contributed by atoms with E-state index in [4.69, 9.17) is 11.6 Å². The SMILES string of the molecule is Cc1cc(C2CC3CCC(C2)N3)ccc1Cl. The molecule has 1 aromatic rings. The highest BCUT2D eigenvalue weighted by molar-refractivity contribution is 6.31. The lowest BCUT2D eigenvalue weighted by Crippen LogP contribution is -2.37. The van der Waals surface area contributed by atoms with E-state index in [1.165, 1.54) is 36.8 Å². The van der Waals surface area contributed by atoms with Crippen LogP contribution in [0, 0.1) is 6.92 Å². The molecular weight excluding hydrogens is 218 g/mol. The van der Waals surface area contributed by atoms with Crippen molar-refractivity contribution in [2.45, 2.75) is 50.6 Å². The predicted octanol–water partition coefficient (Wildman–Crippen LogP) is 3.65. The quantitative estimate of drug-likeness (QED) is 0.784. The molecule has 2 fully saturated rings. The monoisotopic (exact) mass is 235 g/mol. The molecule has 86 valence electrons. The fourth-order valence-corrected chi connectivity index (χ4v) is 3.37. The second-order valence-electron chi connectivity index (χ2n) is 5.31. The Morgan fingerprint density at radius 1 is 1.19 bits per heavy atom. The molecule has 2 bridgehead atoms. The smallest absolute Gasteiger partial charge is 0.0435 e. The molecule has 1 nitrogen and oxygen atoms in total. The van der Waals surface area contributed by atoms with Crippen molar-refractivity contribution in [1.82, 2.24) is 5.32 Å². The van der Waals surface area contributed by atoms with Crippen LogP contribution in [0.1, 0.15) is 42.7 Å². The van der Waals surface area contributed by atoms with Gasteiger partial charge in [-0.3, -0.25) is 0 Å². The van der Waals surface area contributed by atoms with Gasteiger partial charge < -0.3 is 5.32 Å². The summed E-state index contributed by atoms with van der Waals surface area (Å²) in [7, 11) is 0. The molecule has 3 rings (SSSR count). The van der Waals surface area contributed by atoms with Crippen molar-refractivity contribution in [2.75, 3.05) is 0 Å². The standard InChI is InChI=1S/C14H18ClN/c1-9-6-10(2-5-14(9)15)11-7-12-3-4-13(8-11)16-12/h2,5-6,11-13,16H,3-4,7-8H2,1H3. The molecule has 2 heteroatoms. The summed E-state index contributed by atoms with van der Waals surface area (Å²) in [5, 5.41) is 4.58. The van der Waals surface area contributed by atoms with Crippen LogP contribution in [-0.2, 0) is 0 Å². The number of piperidine rings is 1. The lowest BCUT2D eigenvalue weighted by molar-refractivity contribution is 0.363. The molecule has 2 saturated heterocycles. The molecule has 1 N–H and O–H groups in total. The first-order valence-corrected chi connectivity index (χ1v) is 6.62. The van der Waals surface area contributed by atoms with Gasteiger partial charge in [-0.15, -0.1) is 0 Å². The first-order valence-electron chi connectivity index (χ1n) is 6.24. The van der Waals surface area contributed by atoms with Crippen LogP contribution in [0.5, 0.6) is 0 Å². The van der Waals surface area contributed by atoms with Gasteiger partial charge in [-0.1, -0.05) is 23.7 Å². The number of rotatable bonds is 1. The molecule has 0 saturated carbocycles. The van der Waals surface area contributed by atoms with E-state index in [9.17, 15) is 0 Å². The van der Waals surface area contributed by atoms with E-state index in [0.717, 1.165) is 23.0 Å². The molecule has 2 aliphatic heterocycles. The van der Waals surface area contributed by atoms with Gasteiger partial charge in [0.2, 0.25) is 0 Å². The second kappa shape index (κ2) is 4.05. The molecule has 2 aliphatic rings. The summed E-state index contributed by atoms with van der Waals surface area (Å²) in [5.41, 5.74) is 2.70. The first kappa shape index (κ1) is 10.6. The van der Waals surface area contributed by atoms with Crippen molar-refractivity contribution < 1.29 is 0 Å². The minimum Gasteiger partial charge on any atom is -0.311 e. The molecular formula is C14H18ClN. The summed E-state index contributed by atoms with van der Waals surface area (Å²) in [6.07, 6.45) is 5.34. The number of hydrogen-bond acceptors (Lipinski definition) is 1. The van der Waals surface area contributed by atoms with Crippen molar-refractivity contribution >= 4 is 11.6 Å². The zero-order valence-corrected chi connectivity index (χ0v) is 10.4. The Morgan fingerprint density at radius 3 is 2.50 bits per heavy atom. The molecule has 2 heterocycles. The van der Waals surface area contributed by atoms with Crippen LogP contribution in [0.4, 0.5) is 0 Å². The molecule has 2 unspecified atom stereocenters.